The van der Waals surface area contributed by atoms with Crippen molar-refractivity contribution in [2.24, 2.45) is 5.73 Å². The molecule has 0 aliphatic heterocycles. The van der Waals surface area contributed by atoms with Gasteiger partial charge in [0, 0.05) is 22.9 Å². The molecule has 4 N–H and O–H groups in total. The monoisotopic (exact) mass is 230 g/mol. The molecule has 0 atom stereocenters. The molecule has 0 spiro atoms. The van der Waals surface area contributed by atoms with Crippen molar-refractivity contribution in [2.45, 2.75) is 4.90 Å². The first kappa shape index (κ1) is 12.3. The highest BCUT2D eigenvalue weighted by Crippen LogP contribution is 2.25. The molecule has 0 saturated carbocycles. The van der Waals surface area contributed by atoms with Crippen LogP contribution in [0.25, 0.3) is 0 Å². The van der Waals surface area contributed by atoms with Gasteiger partial charge in [-0.25, -0.2) is 4.39 Å². The van der Waals surface area contributed by atoms with Gasteiger partial charge in [-0.2, -0.15) is 0 Å². The molecule has 0 aliphatic carbocycles. The fourth-order valence-electron chi connectivity index (χ4n) is 1.05. The van der Waals surface area contributed by atoms with Gasteiger partial charge in [-0.1, -0.05) is 0 Å². The van der Waals surface area contributed by atoms with Crippen molar-refractivity contribution < 1.29 is 9.13 Å². The van der Waals surface area contributed by atoms with Gasteiger partial charge >= 0.3 is 0 Å². The number of thioether (sulfide) groups is 1. The molecule has 0 aromatic heterocycles. The second kappa shape index (κ2) is 6.66. The average Bonchev–Trinajstić information content (AvgIpc) is 2.20. The van der Waals surface area contributed by atoms with E-state index in [4.69, 9.17) is 16.2 Å². The molecule has 0 heterocycles. The lowest BCUT2D eigenvalue weighted by Gasteiger charge is -2.05. The lowest BCUT2D eigenvalue weighted by atomic mass is 10.3. The Kier molecular flexibility index (Phi) is 5.45. The van der Waals surface area contributed by atoms with E-state index in [9.17, 15) is 4.39 Å². The predicted molar refractivity (Wildman–Crippen MR) is 61.4 cm³/mol. The van der Waals surface area contributed by atoms with Gasteiger partial charge in [0.2, 0.25) is 0 Å². The zero-order chi connectivity index (χ0) is 11.1. The van der Waals surface area contributed by atoms with Crippen LogP contribution in [0.2, 0.25) is 0 Å². The van der Waals surface area contributed by atoms with Crippen molar-refractivity contribution in [1.29, 1.82) is 0 Å². The van der Waals surface area contributed by atoms with Crippen molar-refractivity contribution in [1.82, 2.24) is 0 Å². The minimum absolute atomic E-state index is 0.309. The molecular weight excluding hydrogens is 215 g/mol. The molecule has 0 bridgehead atoms. The van der Waals surface area contributed by atoms with E-state index < -0.39 is 0 Å². The third-order valence-electron chi connectivity index (χ3n) is 1.72. The number of anilines is 1. The molecule has 1 rings (SSSR count). The molecule has 5 heteroatoms. The van der Waals surface area contributed by atoms with E-state index in [0.29, 0.717) is 25.4 Å². The highest BCUT2D eigenvalue weighted by atomic mass is 32.2. The lowest BCUT2D eigenvalue weighted by molar-refractivity contribution is 0.158. The summed E-state index contributed by atoms with van der Waals surface area (Å²) in [5.74, 6) is 0.478. The van der Waals surface area contributed by atoms with E-state index in [1.165, 1.54) is 12.1 Å². The van der Waals surface area contributed by atoms with Crippen LogP contribution in [0.4, 0.5) is 10.1 Å². The fraction of sp³-hybridized carbons (Fsp3) is 0.400. The van der Waals surface area contributed by atoms with E-state index in [2.05, 4.69) is 0 Å². The number of nitrogen functional groups attached to an aromatic ring is 1. The minimum Gasteiger partial charge on any atom is -0.398 e. The summed E-state index contributed by atoms with van der Waals surface area (Å²) in [6.45, 7) is 1.72. The zero-order valence-corrected chi connectivity index (χ0v) is 9.23. The Labute approximate surface area is 93.0 Å². The summed E-state index contributed by atoms with van der Waals surface area (Å²) in [5.41, 5.74) is 11.4. The molecule has 0 radical (unpaired) electrons. The highest BCUT2D eigenvalue weighted by molar-refractivity contribution is 7.99. The van der Waals surface area contributed by atoms with Crippen LogP contribution < -0.4 is 11.5 Å². The van der Waals surface area contributed by atoms with Crippen LogP contribution in [0, 0.1) is 5.82 Å². The van der Waals surface area contributed by atoms with E-state index in [1.807, 2.05) is 0 Å². The topological polar surface area (TPSA) is 61.3 Å². The van der Waals surface area contributed by atoms with Gasteiger partial charge in [0.05, 0.1) is 13.2 Å². The summed E-state index contributed by atoms with van der Waals surface area (Å²) in [6, 6.07) is 4.40. The Bertz CT molecular complexity index is 309. The normalized spacial score (nSPS) is 10.5. The van der Waals surface area contributed by atoms with Gasteiger partial charge in [-0.3, -0.25) is 0 Å². The maximum absolute atomic E-state index is 12.7. The number of ether oxygens (including phenoxy) is 1. The summed E-state index contributed by atoms with van der Waals surface area (Å²) in [6.07, 6.45) is 0. The quantitative estimate of drug-likeness (QED) is 0.441. The molecular formula is C10H15FN2OS. The van der Waals surface area contributed by atoms with Gasteiger partial charge in [0.1, 0.15) is 5.82 Å². The van der Waals surface area contributed by atoms with Crippen molar-refractivity contribution in [2.75, 3.05) is 31.2 Å². The second-order valence-electron chi connectivity index (χ2n) is 2.93. The number of benzene rings is 1. The number of nitrogens with two attached hydrogens (primary N) is 2. The number of hydrogen-bond donors (Lipinski definition) is 2. The van der Waals surface area contributed by atoms with Crippen LogP contribution in [0.3, 0.4) is 0 Å². The third kappa shape index (κ3) is 4.51. The Hall–Kier alpha value is -0.780. The van der Waals surface area contributed by atoms with Crippen LogP contribution in [0.1, 0.15) is 0 Å². The van der Waals surface area contributed by atoms with Gasteiger partial charge in [0.25, 0.3) is 0 Å². The largest absolute Gasteiger partial charge is 0.398 e. The first-order valence-corrected chi connectivity index (χ1v) is 5.68. The Morgan fingerprint density at radius 1 is 1.33 bits per heavy atom. The molecule has 84 valence electrons. The summed E-state index contributed by atoms with van der Waals surface area (Å²) >= 11 is 1.55. The Morgan fingerprint density at radius 3 is 2.80 bits per heavy atom. The zero-order valence-electron chi connectivity index (χ0n) is 8.41. The van der Waals surface area contributed by atoms with E-state index in [0.717, 1.165) is 10.6 Å². The first-order valence-electron chi connectivity index (χ1n) is 4.69. The SMILES string of the molecule is NCCOCCSc1ccc(F)cc1N. The predicted octanol–water partition coefficient (Wildman–Crippen LogP) is 1.48. The van der Waals surface area contributed by atoms with Crippen molar-refractivity contribution in [3.05, 3.63) is 24.0 Å². The summed E-state index contributed by atoms with van der Waals surface area (Å²) in [5, 5.41) is 0. The van der Waals surface area contributed by atoms with E-state index in [1.54, 1.807) is 17.8 Å². The number of hydrogen-bond acceptors (Lipinski definition) is 4. The minimum atomic E-state index is -0.309. The summed E-state index contributed by atoms with van der Waals surface area (Å²) in [4.78, 5) is 0.882. The average molecular weight is 230 g/mol. The molecule has 0 saturated heterocycles. The van der Waals surface area contributed by atoms with Crippen molar-refractivity contribution in [3.8, 4) is 0 Å². The summed E-state index contributed by atoms with van der Waals surface area (Å²) in [7, 11) is 0. The van der Waals surface area contributed by atoms with Gasteiger partial charge in [0.15, 0.2) is 0 Å². The Balaban J connectivity index is 2.31. The van der Waals surface area contributed by atoms with Crippen LogP contribution in [-0.4, -0.2) is 25.5 Å². The highest BCUT2D eigenvalue weighted by Gasteiger charge is 2.01. The molecule has 3 nitrogen and oxygen atoms in total. The summed E-state index contributed by atoms with van der Waals surface area (Å²) < 4.78 is 17.9. The lowest BCUT2D eigenvalue weighted by Crippen LogP contribution is -2.09. The van der Waals surface area contributed by atoms with Gasteiger partial charge < -0.3 is 16.2 Å². The first-order chi connectivity index (χ1) is 7.24. The number of halogens is 1. The van der Waals surface area contributed by atoms with Crippen LogP contribution in [-0.2, 0) is 4.74 Å². The second-order valence-corrected chi connectivity index (χ2v) is 4.07. The molecule has 0 amide bonds. The standard InChI is InChI=1S/C10H15FN2OS/c11-8-1-2-10(9(13)7-8)15-6-5-14-4-3-12/h1-2,7H,3-6,12-13H2. The molecule has 1 aromatic rings. The van der Waals surface area contributed by atoms with Crippen LogP contribution >= 0.6 is 11.8 Å². The van der Waals surface area contributed by atoms with Crippen LogP contribution in [0.5, 0.6) is 0 Å². The molecule has 0 unspecified atom stereocenters. The maximum atomic E-state index is 12.7. The van der Waals surface area contributed by atoms with Gasteiger partial charge in [-0.15, -0.1) is 11.8 Å². The molecule has 0 aliphatic rings. The maximum Gasteiger partial charge on any atom is 0.125 e. The Morgan fingerprint density at radius 2 is 2.13 bits per heavy atom. The van der Waals surface area contributed by atoms with E-state index in [-0.39, 0.29) is 5.82 Å². The van der Waals surface area contributed by atoms with Crippen molar-refractivity contribution in [3.63, 3.8) is 0 Å². The van der Waals surface area contributed by atoms with Crippen LogP contribution in [0.15, 0.2) is 23.1 Å². The van der Waals surface area contributed by atoms with Gasteiger partial charge in [-0.05, 0) is 18.2 Å². The molecule has 1 aromatic carbocycles. The third-order valence-corrected chi connectivity index (χ3v) is 2.77. The smallest absolute Gasteiger partial charge is 0.125 e. The molecule has 15 heavy (non-hydrogen) atoms. The van der Waals surface area contributed by atoms with Crippen molar-refractivity contribution >= 4 is 17.4 Å². The van der Waals surface area contributed by atoms with E-state index >= 15 is 0 Å². The number of rotatable bonds is 6. The molecule has 0 fully saturated rings. The fourth-order valence-corrected chi connectivity index (χ4v) is 1.86.